The fourth-order valence-corrected chi connectivity index (χ4v) is 6.80. The molecule has 0 aliphatic heterocycles. The predicted molar refractivity (Wildman–Crippen MR) is 107 cm³/mol. The van der Waals surface area contributed by atoms with Crippen molar-refractivity contribution in [3.63, 3.8) is 0 Å². The Hall–Kier alpha value is -0.850. The van der Waals surface area contributed by atoms with Crippen LogP contribution < -0.4 is 0 Å². The first-order valence-corrected chi connectivity index (χ1v) is 12.6. The highest BCUT2D eigenvalue weighted by molar-refractivity contribution is 7.98. The molecular formula is C20H30O4S2. The highest BCUT2D eigenvalue weighted by Crippen LogP contribution is 2.31. The van der Waals surface area contributed by atoms with E-state index in [9.17, 15) is 17.8 Å². The summed E-state index contributed by atoms with van der Waals surface area (Å²) in [7, 11) is -3.89. The van der Waals surface area contributed by atoms with E-state index in [2.05, 4.69) is 6.26 Å². The molecule has 1 aromatic rings. The van der Waals surface area contributed by atoms with Crippen LogP contribution in [0.1, 0.15) is 63.4 Å². The molecule has 1 aromatic carbocycles. The lowest BCUT2D eigenvalue weighted by Gasteiger charge is -2.27. The van der Waals surface area contributed by atoms with E-state index in [0.717, 1.165) is 23.7 Å². The molecule has 0 aromatic heterocycles. The molecule has 0 amide bonds. The summed E-state index contributed by atoms with van der Waals surface area (Å²) >= 11 is 0. The Morgan fingerprint density at radius 2 is 1.54 bits per heavy atom. The molecule has 0 spiro atoms. The van der Waals surface area contributed by atoms with Crippen molar-refractivity contribution < 1.29 is 17.8 Å². The summed E-state index contributed by atoms with van der Waals surface area (Å²) in [6.45, 7) is 1.82. The van der Waals surface area contributed by atoms with Crippen molar-refractivity contribution in [1.82, 2.24) is 0 Å². The van der Waals surface area contributed by atoms with E-state index in [4.69, 9.17) is 0 Å². The summed E-state index contributed by atoms with van der Waals surface area (Å²) in [5.41, 5.74) is 0.928. The highest BCUT2D eigenvalue weighted by atomic mass is 32.2. The SMILES string of the molecule is C[S+](C1CCCCC1)C1CCCCC1=O.Cc1ccc(S(=O)(=O)[O-])cc1. The lowest BCUT2D eigenvalue weighted by Crippen LogP contribution is -2.39. The molecule has 3 rings (SSSR count). The van der Waals surface area contributed by atoms with E-state index in [1.165, 1.54) is 57.1 Å². The molecule has 2 atom stereocenters. The Morgan fingerprint density at radius 3 is 2.08 bits per heavy atom. The molecule has 26 heavy (non-hydrogen) atoms. The number of Topliss-reactive ketones (excluding diaryl/α,β-unsaturated/α-hetero) is 1. The summed E-state index contributed by atoms with van der Waals surface area (Å²) in [6, 6.07) is 5.78. The number of carbonyl (C=O) groups is 1. The summed E-state index contributed by atoms with van der Waals surface area (Å²) in [4.78, 5) is 11.7. The number of benzene rings is 1. The molecule has 0 saturated heterocycles. The fraction of sp³-hybridized carbons (Fsp3) is 0.650. The third-order valence-electron chi connectivity index (χ3n) is 5.34. The van der Waals surface area contributed by atoms with Crippen LogP contribution in [0.5, 0.6) is 0 Å². The van der Waals surface area contributed by atoms with Crippen LogP contribution in [-0.2, 0) is 25.8 Å². The van der Waals surface area contributed by atoms with Gasteiger partial charge in [-0.2, -0.15) is 0 Å². The Kier molecular flexibility index (Phi) is 8.17. The molecule has 2 unspecified atom stereocenters. The normalized spacial score (nSPS) is 23.0. The zero-order valence-electron chi connectivity index (χ0n) is 15.8. The summed E-state index contributed by atoms with van der Waals surface area (Å²) in [5.74, 6) is 0.581. The Labute approximate surface area is 160 Å². The van der Waals surface area contributed by atoms with Crippen LogP contribution in [0.2, 0.25) is 0 Å². The maximum Gasteiger partial charge on any atom is 0.184 e. The van der Waals surface area contributed by atoms with Crippen molar-refractivity contribution in [1.29, 1.82) is 0 Å². The second kappa shape index (κ2) is 9.90. The number of ketones is 1. The first kappa shape index (κ1) is 21.5. The molecule has 0 bridgehead atoms. The average Bonchev–Trinajstić information content (AvgIpc) is 2.62. The third kappa shape index (κ3) is 6.39. The van der Waals surface area contributed by atoms with Crippen molar-refractivity contribution in [2.75, 3.05) is 6.26 Å². The number of rotatable bonds is 3. The van der Waals surface area contributed by atoms with E-state index >= 15 is 0 Å². The first-order valence-electron chi connectivity index (χ1n) is 9.48. The zero-order chi connectivity index (χ0) is 19.2. The van der Waals surface area contributed by atoms with Crippen molar-refractivity contribution in [3.05, 3.63) is 29.8 Å². The molecule has 6 heteroatoms. The van der Waals surface area contributed by atoms with Gasteiger partial charge in [-0.15, -0.1) is 0 Å². The third-order valence-corrected chi connectivity index (χ3v) is 9.10. The first-order chi connectivity index (χ1) is 12.3. The van der Waals surface area contributed by atoms with Gasteiger partial charge in [-0.05, 0) is 68.5 Å². The van der Waals surface area contributed by atoms with E-state index in [1.54, 1.807) is 12.1 Å². The lowest BCUT2D eigenvalue weighted by molar-refractivity contribution is -0.119. The zero-order valence-corrected chi connectivity index (χ0v) is 17.4. The summed E-state index contributed by atoms with van der Waals surface area (Å²) in [6.07, 6.45) is 13.9. The summed E-state index contributed by atoms with van der Waals surface area (Å²) in [5, 5.41) is 1.33. The Bertz CT molecular complexity index is 676. The van der Waals surface area contributed by atoms with Gasteiger partial charge in [0.1, 0.15) is 15.4 Å². The van der Waals surface area contributed by atoms with Gasteiger partial charge in [0.25, 0.3) is 0 Å². The van der Waals surface area contributed by atoms with Crippen LogP contribution >= 0.6 is 0 Å². The Morgan fingerprint density at radius 1 is 0.962 bits per heavy atom. The highest BCUT2D eigenvalue weighted by Gasteiger charge is 2.40. The molecule has 2 aliphatic carbocycles. The van der Waals surface area contributed by atoms with Crippen molar-refractivity contribution in [2.24, 2.45) is 0 Å². The predicted octanol–water partition coefficient (Wildman–Crippen LogP) is 3.98. The number of hydrogen-bond donors (Lipinski definition) is 0. The molecule has 2 aliphatic rings. The molecule has 146 valence electrons. The quantitative estimate of drug-likeness (QED) is 0.570. The Balaban J connectivity index is 0.000000197. The molecule has 0 heterocycles. The molecular weight excluding hydrogens is 368 g/mol. The molecule has 2 saturated carbocycles. The second-order valence-corrected chi connectivity index (χ2v) is 11.2. The van der Waals surface area contributed by atoms with Crippen LogP contribution in [-0.4, -0.2) is 35.5 Å². The van der Waals surface area contributed by atoms with Crippen LogP contribution in [0.3, 0.4) is 0 Å². The number of carbonyl (C=O) groups excluding carboxylic acids is 1. The maximum atomic E-state index is 11.9. The van der Waals surface area contributed by atoms with Crippen molar-refractivity contribution in [3.8, 4) is 0 Å². The molecule has 0 radical (unpaired) electrons. The van der Waals surface area contributed by atoms with Crippen LogP contribution in [0.4, 0.5) is 0 Å². The molecule has 0 N–H and O–H groups in total. The largest absolute Gasteiger partial charge is 0.744 e. The monoisotopic (exact) mass is 398 g/mol. The number of aryl methyl sites for hydroxylation is 1. The van der Waals surface area contributed by atoms with Crippen molar-refractivity contribution >= 4 is 26.8 Å². The van der Waals surface area contributed by atoms with E-state index in [0.29, 0.717) is 21.9 Å². The minimum Gasteiger partial charge on any atom is -0.744 e. The van der Waals surface area contributed by atoms with Gasteiger partial charge in [-0.1, -0.05) is 24.1 Å². The van der Waals surface area contributed by atoms with Crippen LogP contribution in [0, 0.1) is 6.92 Å². The van der Waals surface area contributed by atoms with Gasteiger partial charge >= 0.3 is 0 Å². The standard InChI is InChI=1S/C13H23OS.C7H8O3S/c1-15(11-7-3-2-4-8-11)13-10-6-5-9-12(13)14;1-6-2-4-7(5-3-6)11(8,9)10/h11,13H,2-10H2,1H3;2-5H,1H3,(H,8,9,10)/q+1;/p-1. The van der Waals surface area contributed by atoms with Gasteiger partial charge < -0.3 is 4.55 Å². The van der Waals surface area contributed by atoms with Gasteiger partial charge in [-0.3, -0.25) is 4.79 Å². The number of hydrogen-bond acceptors (Lipinski definition) is 4. The second-order valence-electron chi connectivity index (χ2n) is 7.34. The maximum absolute atomic E-state index is 11.9. The van der Waals surface area contributed by atoms with E-state index < -0.39 is 10.1 Å². The van der Waals surface area contributed by atoms with Crippen molar-refractivity contribution in [2.45, 2.75) is 80.1 Å². The fourth-order valence-electron chi connectivity index (χ4n) is 3.72. The van der Waals surface area contributed by atoms with E-state index in [-0.39, 0.29) is 4.90 Å². The minimum absolute atomic E-state index is 0.178. The summed E-state index contributed by atoms with van der Waals surface area (Å²) < 4.78 is 31.2. The topological polar surface area (TPSA) is 74.3 Å². The lowest BCUT2D eigenvalue weighted by atomic mass is 9.99. The van der Waals surface area contributed by atoms with Gasteiger partial charge in [0.15, 0.2) is 11.0 Å². The van der Waals surface area contributed by atoms with Gasteiger partial charge in [-0.25, -0.2) is 8.42 Å². The molecule has 2 fully saturated rings. The van der Waals surface area contributed by atoms with E-state index in [1.807, 2.05) is 6.92 Å². The minimum atomic E-state index is -4.27. The smallest absolute Gasteiger partial charge is 0.184 e. The van der Waals surface area contributed by atoms with Gasteiger partial charge in [0, 0.05) is 12.8 Å². The average molecular weight is 399 g/mol. The van der Waals surface area contributed by atoms with Gasteiger partial charge in [0.05, 0.1) is 11.2 Å². The van der Waals surface area contributed by atoms with Gasteiger partial charge in [0.2, 0.25) is 0 Å². The van der Waals surface area contributed by atoms with Crippen LogP contribution in [0.15, 0.2) is 29.2 Å². The molecule has 4 nitrogen and oxygen atoms in total. The van der Waals surface area contributed by atoms with Crippen LogP contribution in [0.25, 0.3) is 0 Å².